The molecule has 0 spiro atoms. The van der Waals surface area contributed by atoms with E-state index < -0.39 is 0 Å². The molecule has 0 aliphatic rings. The first-order valence-electron chi connectivity index (χ1n) is 2.54. The van der Waals surface area contributed by atoms with E-state index in [4.69, 9.17) is 5.11 Å². The van der Waals surface area contributed by atoms with Gasteiger partial charge in [-0.05, 0) is 28.1 Å². The van der Waals surface area contributed by atoms with E-state index in [1.165, 1.54) is 0 Å². The number of pyridine rings is 1. The lowest BCUT2D eigenvalue weighted by molar-refractivity contribution is 0.277. The number of hydrogen-bond acceptors (Lipinski definition) is 2. The minimum atomic E-state index is 0. The lowest BCUT2D eigenvalue weighted by Gasteiger charge is -1.91. The van der Waals surface area contributed by atoms with Gasteiger partial charge in [0.05, 0.1) is 12.3 Å². The van der Waals surface area contributed by atoms with Gasteiger partial charge >= 0.3 is 0 Å². The van der Waals surface area contributed by atoms with Crippen LogP contribution in [-0.2, 0) is 6.61 Å². The maximum absolute atomic E-state index is 8.55. The molecular formula is C6H7BrClNO. The highest BCUT2D eigenvalue weighted by atomic mass is 79.9. The molecule has 10 heavy (non-hydrogen) atoms. The van der Waals surface area contributed by atoms with E-state index in [9.17, 15) is 0 Å². The van der Waals surface area contributed by atoms with Crippen molar-refractivity contribution in [3.63, 3.8) is 0 Å². The molecule has 0 aliphatic carbocycles. The molecule has 0 saturated carbocycles. The highest BCUT2D eigenvalue weighted by Crippen LogP contribution is 2.06. The Morgan fingerprint density at radius 2 is 2.20 bits per heavy atom. The third-order valence-corrected chi connectivity index (χ3v) is 1.42. The molecule has 0 atom stereocenters. The van der Waals surface area contributed by atoms with E-state index in [1.54, 1.807) is 12.3 Å². The molecule has 1 N–H and O–H groups in total. The summed E-state index contributed by atoms with van der Waals surface area (Å²) in [5, 5.41) is 8.55. The van der Waals surface area contributed by atoms with Gasteiger partial charge in [0.2, 0.25) is 0 Å². The fourth-order valence-corrected chi connectivity index (χ4v) is 0.735. The topological polar surface area (TPSA) is 33.1 Å². The predicted molar refractivity (Wildman–Crippen MR) is 45.1 cm³/mol. The van der Waals surface area contributed by atoms with Gasteiger partial charge in [-0.2, -0.15) is 0 Å². The van der Waals surface area contributed by atoms with Crippen LogP contribution in [0.5, 0.6) is 0 Å². The molecule has 0 radical (unpaired) electrons. The first kappa shape index (κ1) is 9.88. The molecule has 1 heterocycles. The molecule has 1 aromatic rings. The van der Waals surface area contributed by atoms with Crippen molar-refractivity contribution in [3.05, 3.63) is 28.5 Å². The smallest absolute Gasteiger partial charge is 0.0852 e. The monoisotopic (exact) mass is 223 g/mol. The lowest BCUT2D eigenvalue weighted by Crippen LogP contribution is -1.85. The number of rotatable bonds is 1. The van der Waals surface area contributed by atoms with Crippen molar-refractivity contribution in [3.8, 4) is 0 Å². The van der Waals surface area contributed by atoms with Crippen molar-refractivity contribution < 1.29 is 5.11 Å². The Kier molecular flexibility index (Phi) is 4.60. The molecule has 0 fully saturated rings. The van der Waals surface area contributed by atoms with E-state index in [0.717, 1.165) is 4.47 Å². The van der Waals surface area contributed by atoms with Crippen molar-refractivity contribution >= 4 is 28.3 Å². The van der Waals surface area contributed by atoms with Gasteiger partial charge in [0.15, 0.2) is 0 Å². The predicted octanol–water partition coefficient (Wildman–Crippen LogP) is 1.76. The summed E-state index contributed by atoms with van der Waals surface area (Å²) in [6.07, 6.45) is 1.66. The van der Waals surface area contributed by atoms with Crippen molar-refractivity contribution in [1.82, 2.24) is 4.98 Å². The summed E-state index contributed by atoms with van der Waals surface area (Å²) >= 11 is 3.23. The highest BCUT2D eigenvalue weighted by Gasteiger charge is 1.88. The summed E-state index contributed by atoms with van der Waals surface area (Å²) in [5.41, 5.74) is 0.693. The summed E-state index contributed by atoms with van der Waals surface area (Å²) < 4.78 is 0.930. The highest BCUT2D eigenvalue weighted by molar-refractivity contribution is 9.10. The van der Waals surface area contributed by atoms with Gasteiger partial charge < -0.3 is 5.11 Å². The first-order chi connectivity index (χ1) is 4.33. The molecule has 0 aromatic carbocycles. The SMILES string of the molecule is Cl.OCc1ccc(Br)cn1. The number of hydrogen-bond donors (Lipinski definition) is 1. The largest absolute Gasteiger partial charge is 0.390 e. The van der Waals surface area contributed by atoms with Gasteiger partial charge in [0.25, 0.3) is 0 Å². The van der Waals surface area contributed by atoms with Crippen LogP contribution in [-0.4, -0.2) is 10.1 Å². The molecular weight excluding hydrogens is 217 g/mol. The zero-order chi connectivity index (χ0) is 6.69. The number of aromatic nitrogens is 1. The molecule has 0 saturated heterocycles. The third kappa shape index (κ3) is 2.64. The molecule has 56 valence electrons. The Morgan fingerprint density at radius 3 is 2.60 bits per heavy atom. The van der Waals surface area contributed by atoms with Gasteiger partial charge in [0, 0.05) is 10.7 Å². The summed E-state index contributed by atoms with van der Waals surface area (Å²) in [4.78, 5) is 3.90. The minimum absolute atomic E-state index is 0. The fourth-order valence-electron chi connectivity index (χ4n) is 0.500. The Labute approximate surface area is 73.8 Å². The van der Waals surface area contributed by atoms with Crippen LogP contribution in [0, 0.1) is 0 Å². The molecule has 0 aliphatic heterocycles. The molecule has 0 unspecified atom stereocenters. The summed E-state index contributed by atoms with van der Waals surface area (Å²) in [6.45, 7) is 0.00722. The second kappa shape index (κ2) is 4.66. The van der Waals surface area contributed by atoms with Crippen molar-refractivity contribution in [2.45, 2.75) is 6.61 Å². The normalized spacial score (nSPS) is 8.60. The zero-order valence-electron chi connectivity index (χ0n) is 5.12. The van der Waals surface area contributed by atoms with Gasteiger partial charge in [0.1, 0.15) is 0 Å². The number of halogens is 2. The maximum atomic E-state index is 8.55. The van der Waals surface area contributed by atoms with Crippen molar-refractivity contribution in [1.29, 1.82) is 0 Å². The molecule has 0 amide bonds. The summed E-state index contributed by atoms with van der Waals surface area (Å²) in [6, 6.07) is 3.61. The van der Waals surface area contributed by atoms with Crippen LogP contribution < -0.4 is 0 Å². The molecule has 0 bridgehead atoms. The maximum Gasteiger partial charge on any atom is 0.0852 e. The van der Waals surface area contributed by atoms with Crippen molar-refractivity contribution in [2.24, 2.45) is 0 Å². The number of aliphatic hydroxyl groups excluding tert-OH is 1. The van der Waals surface area contributed by atoms with Gasteiger partial charge in [-0.25, -0.2) is 0 Å². The number of aliphatic hydroxyl groups is 1. The van der Waals surface area contributed by atoms with Crippen LogP contribution in [0.3, 0.4) is 0 Å². The average Bonchev–Trinajstić information content (AvgIpc) is 1.90. The Hall–Kier alpha value is -0.120. The lowest BCUT2D eigenvalue weighted by atomic mass is 10.4. The van der Waals surface area contributed by atoms with Gasteiger partial charge in [-0.1, -0.05) is 0 Å². The first-order valence-corrected chi connectivity index (χ1v) is 3.33. The zero-order valence-corrected chi connectivity index (χ0v) is 7.52. The molecule has 1 rings (SSSR count). The van der Waals surface area contributed by atoms with Crippen LogP contribution in [0.2, 0.25) is 0 Å². The molecule has 2 nitrogen and oxygen atoms in total. The summed E-state index contributed by atoms with van der Waals surface area (Å²) in [7, 11) is 0. The van der Waals surface area contributed by atoms with E-state index in [1.807, 2.05) is 6.07 Å². The van der Waals surface area contributed by atoms with Crippen LogP contribution in [0.1, 0.15) is 5.69 Å². The van der Waals surface area contributed by atoms with Gasteiger partial charge in [-0.3, -0.25) is 4.98 Å². The van der Waals surface area contributed by atoms with E-state index in [-0.39, 0.29) is 19.0 Å². The average molecular weight is 224 g/mol. The Balaban J connectivity index is 0.000000810. The molecule has 4 heteroatoms. The minimum Gasteiger partial charge on any atom is -0.390 e. The fraction of sp³-hybridized carbons (Fsp3) is 0.167. The second-order valence-electron chi connectivity index (χ2n) is 1.63. The van der Waals surface area contributed by atoms with Crippen LogP contribution in [0.25, 0.3) is 0 Å². The van der Waals surface area contributed by atoms with E-state index in [0.29, 0.717) is 5.69 Å². The standard InChI is InChI=1S/C6H6BrNO.ClH/c7-5-1-2-6(4-9)8-3-5;/h1-3,9H,4H2;1H. The summed E-state index contributed by atoms with van der Waals surface area (Å²) in [5.74, 6) is 0. The van der Waals surface area contributed by atoms with Crippen LogP contribution in [0.15, 0.2) is 22.8 Å². The van der Waals surface area contributed by atoms with E-state index in [2.05, 4.69) is 20.9 Å². The quantitative estimate of drug-likeness (QED) is 0.788. The Morgan fingerprint density at radius 1 is 1.50 bits per heavy atom. The van der Waals surface area contributed by atoms with Gasteiger partial charge in [-0.15, -0.1) is 12.4 Å². The third-order valence-electron chi connectivity index (χ3n) is 0.951. The number of nitrogens with zero attached hydrogens (tertiary/aromatic N) is 1. The molecule has 1 aromatic heterocycles. The van der Waals surface area contributed by atoms with Crippen molar-refractivity contribution in [2.75, 3.05) is 0 Å². The van der Waals surface area contributed by atoms with Crippen LogP contribution >= 0.6 is 28.3 Å². The van der Waals surface area contributed by atoms with Crippen LogP contribution in [0.4, 0.5) is 0 Å². The Bertz CT molecular complexity index is 189. The second-order valence-corrected chi connectivity index (χ2v) is 2.54. The van der Waals surface area contributed by atoms with E-state index >= 15 is 0 Å².